The fourth-order valence-corrected chi connectivity index (χ4v) is 1.78. The molecule has 0 amide bonds. The number of esters is 1. The predicted octanol–water partition coefficient (Wildman–Crippen LogP) is 3.25. The molecule has 0 spiro atoms. The molecule has 3 heteroatoms. The minimum absolute atomic E-state index is 0.0556. The summed E-state index contributed by atoms with van der Waals surface area (Å²) in [6.45, 7) is 4.86. The molecule has 0 rings (SSSR count). The number of thioether (sulfide) groups is 1. The highest BCUT2D eigenvalue weighted by atomic mass is 32.2. The van der Waals surface area contributed by atoms with Crippen LogP contribution in [0.4, 0.5) is 0 Å². The molecule has 0 aromatic carbocycles. The van der Waals surface area contributed by atoms with Gasteiger partial charge in [0.1, 0.15) is 0 Å². The summed E-state index contributed by atoms with van der Waals surface area (Å²) in [5, 5.41) is 0. The summed E-state index contributed by atoms with van der Waals surface area (Å²) in [5.74, 6) is 1.55. The second kappa shape index (κ2) is 10.9. The molecule has 0 aromatic rings. The van der Waals surface area contributed by atoms with Gasteiger partial charge in [-0.15, -0.1) is 0 Å². The van der Waals surface area contributed by atoms with E-state index in [4.69, 9.17) is 4.74 Å². The first kappa shape index (κ1) is 13.8. The summed E-state index contributed by atoms with van der Waals surface area (Å²) in [6.07, 6.45) is 5.77. The van der Waals surface area contributed by atoms with E-state index in [1.54, 1.807) is 11.8 Å². The first-order chi connectivity index (χ1) is 6.81. The Morgan fingerprint density at radius 2 is 1.86 bits per heavy atom. The van der Waals surface area contributed by atoms with Gasteiger partial charge in [0.05, 0.1) is 12.4 Å². The summed E-state index contributed by atoms with van der Waals surface area (Å²) in [5.41, 5.74) is 0. The average molecular weight is 218 g/mol. The average Bonchev–Trinajstić information content (AvgIpc) is 2.18. The highest BCUT2D eigenvalue weighted by molar-refractivity contribution is 7.99. The van der Waals surface area contributed by atoms with E-state index < -0.39 is 0 Å². The molecule has 0 heterocycles. The molecule has 0 saturated heterocycles. The van der Waals surface area contributed by atoms with E-state index in [9.17, 15) is 4.79 Å². The molecule has 0 aliphatic carbocycles. The number of rotatable bonds is 9. The quantitative estimate of drug-likeness (QED) is 0.439. The minimum atomic E-state index is -0.0556. The summed E-state index contributed by atoms with van der Waals surface area (Å²) in [7, 11) is 0. The van der Waals surface area contributed by atoms with E-state index in [0.29, 0.717) is 12.4 Å². The third-order valence-electron chi connectivity index (χ3n) is 1.87. The van der Waals surface area contributed by atoms with Gasteiger partial charge in [-0.1, -0.05) is 33.1 Å². The van der Waals surface area contributed by atoms with E-state index in [1.807, 2.05) is 0 Å². The number of ether oxygens (including phenoxy) is 1. The Bertz CT molecular complexity index is 137. The van der Waals surface area contributed by atoms with Crippen LogP contribution in [-0.2, 0) is 9.53 Å². The lowest BCUT2D eigenvalue weighted by Crippen LogP contribution is -2.08. The molecular formula is C11H22O2S. The highest BCUT2D eigenvalue weighted by Gasteiger charge is 2.01. The lowest BCUT2D eigenvalue weighted by Gasteiger charge is -2.03. The molecule has 0 aliphatic rings. The van der Waals surface area contributed by atoms with Crippen molar-refractivity contribution >= 4 is 17.7 Å². The van der Waals surface area contributed by atoms with Crippen LogP contribution in [0.15, 0.2) is 0 Å². The molecule has 0 atom stereocenters. The van der Waals surface area contributed by atoms with Gasteiger partial charge < -0.3 is 4.74 Å². The zero-order valence-electron chi connectivity index (χ0n) is 9.38. The van der Waals surface area contributed by atoms with Crippen molar-refractivity contribution in [1.82, 2.24) is 0 Å². The van der Waals surface area contributed by atoms with Crippen molar-refractivity contribution in [2.24, 2.45) is 0 Å². The van der Waals surface area contributed by atoms with Crippen molar-refractivity contribution in [1.29, 1.82) is 0 Å². The van der Waals surface area contributed by atoms with Crippen LogP contribution in [0.5, 0.6) is 0 Å². The van der Waals surface area contributed by atoms with Gasteiger partial charge in [-0.3, -0.25) is 4.79 Å². The fraction of sp³-hybridized carbons (Fsp3) is 0.909. The van der Waals surface area contributed by atoms with Gasteiger partial charge in [-0.05, 0) is 18.6 Å². The van der Waals surface area contributed by atoms with Gasteiger partial charge in [0.25, 0.3) is 0 Å². The van der Waals surface area contributed by atoms with Gasteiger partial charge in [0, 0.05) is 0 Å². The molecule has 0 N–H and O–H groups in total. The van der Waals surface area contributed by atoms with E-state index >= 15 is 0 Å². The Hall–Kier alpha value is -0.180. The Kier molecular flexibility index (Phi) is 10.8. The largest absolute Gasteiger partial charge is 0.465 e. The van der Waals surface area contributed by atoms with Crippen LogP contribution < -0.4 is 0 Å². The lowest BCUT2D eigenvalue weighted by molar-refractivity contribution is -0.140. The SMILES string of the molecule is CCCCCSCC(=O)OCCCC. The molecule has 0 saturated carbocycles. The molecule has 0 aliphatic heterocycles. The second-order valence-electron chi connectivity index (χ2n) is 3.33. The molecular weight excluding hydrogens is 196 g/mol. The van der Waals surface area contributed by atoms with E-state index in [-0.39, 0.29) is 5.97 Å². The summed E-state index contributed by atoms with van der Waals surface area (Å²) < 4.78 is 5.03. The van der Waals surface area contributed by atoms with Gasteiger partial charge in [0.2, 0.25) is 0 Å². The molecule has 0 bridgehead atoms. The van der Waals surface area contributed by atoms with Crippen molar-refractivity contribution in [3.8, 4) is 0 Å². The topological polar surface area (TPSA) is 26.3 Å². The summed E-state index contributed by atoms with van der Waals surface area (Å²) in [6, 6.07) is 0. The number of hydrogen-bond donors (Lipinski definition) is 0. The van der Waals surface area contributed by atoms with Gasteiger partial charge in [-0.25, -0.2) is 0 Å². The monoisotopic (exact) mass is 218 g/mol. The van der Waals surface area contributed by atoms with E-state index in [0.717, 1.165) is 18.6 Å². The minimum Gasteiger partial charge on any atom is -0.465 e. The molecule has 14 heavy (non-hydrogen) atoms. The first-order valence-corrected chi connectivity index (χ1v) is 6.70. The van der Waals surface area contributed by atoms with Gasteiger partial charge >= 0.3 is 5.97 Å². The van der Waals surface area contributed by atoms with Crippen LogP contribution in [0.2, 0.25) is 0 Å². The Morgan fingerprint density at radius 1 is 1.14 bits per heavy atom. The van der Waals surface area contributed by atoms with E-state index in [2.05, 4.69) is 13.8 Å². The van der Waals surface area contributed by atoms with Gasteiger partial charge in [0.15, 0.2) is 0 Å². The molecule has 0 unspecified atom stereocenters. The number of carbonyl (C=O) groups is 1. The molecule has 0 radical (unpaired) electrons. The maximum Gasteiger partial charge on any atom is 0.315 e. The van der Waals surface area contributed by atoms with Crippen LogP contribution in [0.3, 0.4) is 0 Å². The van der Waals surface area contributed by atoms with Crippen molar-refractivity contribution in [3.05, 3.63) is 0 Å². The van der Waals surface area contributed by atoms with Crippen LogP contribution >= 0.6 is 11.8 Å². The van der Waals surface area contributed by atoms with Crippen molar-refractivity contribution in [2.45, 2.75) is 46.0 Å². The normalized spacial score (nSPS) is 10.1. The number of hydrogen-bond acceptors (Lipinski definition) is 3. The van der Waals surface area contributed by atoms with Crippen LogP contribution in [0.25, 0.3) is 0 Å². The molecule has 84 valence electrons. The molecule has 0 fully saturated rings. The zero-order chi connectivity index (χ0) is 10.6. The molecule has 0 aromatic heterocycles. The smallest absolute Gasteiger partial charge is 0.315 e. The predicted molar refractivity (Wildman–Crippen MR) is 62.7 cm³/mol. The first-order valence-electron chi connectivity index (χ1n) is 5.54. The van der Waals surface area contributed by atoms with Crippen molar-refractivity contribution < 1.29 is 9.53 Å². The van der Waals surface area contributed by atoms with Crippen molar-refractivity contribution in [2.75, 3.05) is 18.1 Å². The standard InChI is InChI=1S/C11H22O2S/c1-3-5-7-9-14-10-11(12)13-8-6-4-2/h3-10H2,1-2H3. The lowest BCUT2D eigenvalue weighted by atomic mass is 10.3. The summed E-state index contributed by atoms with van der Waals surface area (Å²) in [4.78, 5) is 11.1. The Balaban J connectivity index is 3.10. The third kappa shape index (κ3) is 9.90. The number of unbranched alkanes of at least 4 members (excludes halogenated alkanes) is 3. The second-order valence-corrected chi connectivity index (χ2v) is 4.44. The van der Waals surface area contributed by atoms with Gasteiger partial charge in [-0.2, -0.15) is 11.8 Å². The maximum absolute atomic E-state index is 11.1. The van der Waals surface area contributed by atoms with Crippen molar-refractivity contribution in [3.63, 3.8) is 0 Å². The fourth-order valence-electron chi connectivity index (χ4n) is 0.982. The Morgan fingerprint density at radius 3 is 2.50 bits per heavy atom. The van der Waals surface area contributed by atoms with Crippen LogP contribution in [0.1, 0.15) is 46.0 Å². The zero-order valence-corrected chi connectivity index (χ0v) is 10.2. The maximum atomic E-state index is 11.1. The van der Waals surface area contributed by atoms with Crippen LogP contribution in [0, 0.1) is 0 Å². The third-order valence-corrected chi connectivity index (χ3v) is 2.89. The molecule has 2 nitrogen and oxygen atoms in total. The van der Waals surface area contributed by atoms with Crippen LogP contribution in [-0.4, -0.2) is 24.1 Å². The summed E-state index contributed by atoms with van der Waals surface area (Å²) >= 11 is 1.68. The van der Waals surface area contributed by atoms with E-state index in [1.165, 1.54) is 19.3 Å². The Labute approximate surface area is 91.8 Å². The number of carbonyl (C=O) groups excluding carboxylic acids is 1. The highest BCUT2D eigenvalue weighted by Crippen LogP contribution is 2.06.